The second-order valence-electron chi connectivity index (χ2n) is 4.19. The van der Waals surface area contributed by atoms with Gasteiger partial charge in [-0.15, -0.1) is 0 Å². The first kappa shape index (κ1) is 22.3. The molecule has 0 aliphatic carbocycles. The van der Waals surface area contributed by atoms with Crippen LogP contribution in [0, 0.1) is 26.8 Å². The number of hydrogen-bond donors (Lipinski definition) is 1. The minimum atomic E-state index is -0.614. The second-order valence-corrected chi connectivity index (χ2v) is 4.95. The Labute approximate surface area is 154 Å². The van der Waals surface area contributed by atoms with E-state index in [9.17, 15) is 20.2 Å². The number of benzene rings is 2. The highest BCUT2D eigenvalue weighted by molar-refractivity contribution is 6.35. The molecule has 127 valence electrons. The van der Waals surface area contributed by atoms with Crippen LogP contribution in [0.4, 0.5) is 17.1 Å². The first-order valence-electron chi connectivity index (χ1n) is 6.25. The first-order valence-corrected chi connectivity index (χ1v) is 7.01. The maximum absolute atomic E-state index is 10.4. The fourth-order valence-electron chi connectivity index (χ4n) is 1.60. The van der Waals surface area contributed by atoms with E-state index in [1.807, 2.05) is 0 Å². The Kier molecular flexibility index (Phi) is 9.16. The molecule has 0 unspecified atom stereocenters. The van der Waals surface area contributed by atoms with E-state index in [0.29, 0.717) is 5.56 Å². The minimum Gasteiger partial charge on any atom is -0.326 e. The van der Waals surface area contributed by atoms with Crippen molar-refractivity contribution in [2.75, 3.05) is 0 Å². The van der Waals surface area contributed by atoms with E-state index in [2.05, 4.69) is 4.85 Å². The molecule has 0 spiro atoms. The van der Waals surface area contributed by atoms with Gasteiger partial charge in [-0.25, -0.2) is 4.85 Å². The van der Waals surface area contributed by atoms with Crippen LogP contribution in [0.15, 0.2) is 36.4 Å². The van der Waals surface area contributed by atoms with Crippen LogP contribution in [0.1, 0.15) is 5.56 Å². The van der Waals surface area contributed by atoms with Gasteiger partial charge in [0.05, 0.1) is 16.4 Å². The molecule has 0 saturated heterocycles. The van der Waals surface area contributed by atoms with E-state index >= 15 is 0 Å². The predicted molar refractivity (Wildman–Crippen MR) is 96.1 cm³/mol. The van der Waals surface area contributed by atoms with Gasteiger partial charge in [-0.3, -0.25) is 20.2 Å². The lowest BCUT2D eigenvalue weighted by atomic mass is 10.2. The van der Waals surface area contributed by atoms with Crippen LogP contribution in [-0.2, 0) is 6.54 Å². The van der Waals surface area contributed by atoms with Gasteiger partial charge in [-0.2, -0.15) is 0 Å². The molecule has 8 nitrogen and oxygen atoms in total. The molecular weight excluding hydrogens is 370 g/mol. The van der Waals surface area contributed by atoms with Crippen LogP contribution in [0.2, 0.25) is 10.0 Å². The summed E-state index contributed by atoms with van der Waals surface area (Å²) in [6, 6.07) is 8.69. The van der Waals surface area contributed by atoms with Gasteiger partial charge in [0.1, 0.15) is 10.0 Å². The summed E-state index contributed by atoms with van der Waals surface area (Å²) >= 11 is 11.2. The summed E-state index contributed by atoms with van der Waals surface area (Å²) < 4.78 is 0. The highest BCUT2D eigenvalue weighted by Gasteiger charge is 2.14. The summed E-state index contributed by atoms with van der Waals surface area (Å²) in [6.45, 7) is 6.85. The Morgan fingerprint density at radius 3 is 1.92 bits per heavy atom. The summed E-state index contributed by atoms with van der Waals surface area (Å²) in [6.07, 6.45) is 0. The molecule has 0 fully saturated rings. The molecule has 0 aromatic heterocycles. The number of nitrogens with zero attached hydrogens (tertiary/aromatic N) is 3. The highest BCUT2D eigenvalue weighted by atomic mass is 35.5. The highest BCUT2D eigenvalue weighted by Crippen LogP contribution is 2.33. The maximum atomic E-state index is 10.4. The van der Waals surface area contributed by atoms with Crippen molar-refractivity contribution in [2.45, 2.75) is 6.54 Å². The van der Waals surface area contributed by atoms with Gasteiger partial charge in [-0.05, 0) is 5.56 Å². The largest absolute Gasteiger partial charge is 0.326 e. The van der Waals surface area contributed by atoms with Crippen molar-refractivity contribution in [2.24, 2.45) is 5.73 Å². The quantitative estimate of drug-likeness (QED) is 0.372. The molecule has 11 heteroatoms. The summed E-state index contributed by atoms with van der Waals surface area (Å²) in [5, 5.41) is 20.7. The molecule has 0 aliphatic heterocycles. The standard InChI is InChI=1S/C7H3ClN2O2.C7H7ClN2O2.B/c1-9-5-3-2-4-6(7(5)8)10(11)12;8-7-5(4-9)2-1-3-6(7)10(11)12;/h2-4H;1-3H,4,9H2;. The molecular formula is C14H10BCl2N4O4. The maximum Gasteiger partial charge on any atom is 0.288 e. The third-order valence-electron chi connectivity index (χ3n) is 2.75. The van der Waals surface area contributed by atoms with E-state index in [-0.39, 0.29) is 42.1 Å². The van der Waals surface area contributed by atoms with Crippen molar-refractivity contribution in [3.8, 4) is 0 Å². The van der Waals surface area contributed by atoms with Gasteiger partial charge in [0, 0.05) is 27.1 Å². The van der Waals surface area contributed by atoms with E-state index in [0.717, 1.165) is 0 Å². The predicted octanol–water partition coefficient (Wildman–Crippen LogP) is 4.13. The van der Waals surface area contributed by atoms with Crippen LogP contribution in [-0.4, -0.2) is 18.3 Å². The average molecular weight is 380 g/mol. The SMILES string of the molecule is NCc1cccc([N+](=O)[O-])c1Cl.[B].[C-]#[N+]c1cccc([N+](=O)[O-])c1Cl. The molecule has 2 aromatic rings. The summed E-state index contributed by atoms with van der Waals surface area (Å²) in [7, 11) is 0. The van der Waals surface area contributed by atoms with Crippen molar-refractivity contribution in [1.29, 1.82) is 0 Å². The van der Waals surface area contributed by atoms with Gasteiger partial charge in [0.25, 0.3) is 11.4 Å². The third kappa shape index (κ3) is 5.72. The van der Waals surface area contributed by atoms with Crippen LogP contribution >= 0.6 is 23.2 Å². The smallest absolute Gasteiger partial charge is 0.288 e. The zero-order valence-electron chi connectivity index (χ0n) is 12.6. The lowest BCUT2D eigenvalue weighted by Gasteiger charge is -1.99. The normalized spacial score (nSPS) is 9.04. The Hall–Kier alpha value is -2.67. The minimum absolute atomic E-state index is 0. The zero-order valence-corrected chi connectivity index (χ0v) is 14.1. The monoisotopic (exact) mass is 379 g/mol. The summed E-state index contributed by atoms with van der Waals surface area (Å²) in [5.41, 5.74) is 5.68. The van der Waals surface area contributed by atoms with E-state index < -0.39 is 9.85 Å². The van der Waals surface area contributed by atoms with Gasteiger partial charge >= 0.3 is 0 Å². The molecule has 2 aromatic carbocycles. The molecule has 25 heavy (non-hydrogen) atoms. The molecule has 0 saturated carbocycles. The lowest BCUT2D eigenvalue weighted by molar-refractivity contribution is -0.384. The fourth-order valence-corrected chi connectivity index (χ4v) is 2.11. The molecule has 0 aliphatic rings. The number of nitro groups is 2. The number of halogens is 2. The number of hydrogen-bond acceptors (Lipinski definition) is 5. The van der Waals surface area contributed by atoms with Crippen molar-refractivity contribution in [1.82, 2.24) is 0 Å². The van der Waals surface area contributed by atoms with E-state index in [1.54, 1.807) is 12.1 Å². The number of rotatable bonds is 3. The topological polar surface area (TPSA) is 117 Å². The Balaban J connectivity index is 0.000000443. The molecule has 2 rings (SSSR count). The molecule has 3 radical (unpaired) electrons. The summed E-state index contributed by atoms with van der Waals surface area (Å²) in [5.74, 6) is 0. The number of nitro benzene ring substituents is 2. The summed E-state index contributed by atoms with van der Waals surface area (Å²) in [4.78, 5) is 22.6. The van der Waals surface area contributed by atoms with Gasteiger partial charge in [-0.1, -0.05) is 47.5 Å². The Bertz CT molecular complexity index is 827. The third-order valence-corrected chi connectivity index (χ3v) is 3.57. The molecule has 0 heterocycles. The zero-order chi connectivity index (χ0) is 18.3. The van der Waals surface area contributed by atoms with Crippen molar-refractivity contribution < 1.29 is 9.85 Å². The van der Waals surface area contributed by atoms with Crippen molar-refractivity contribution in [3.63, 3.8) is 0 Å². The van der Waals surface area contributed by atoms with Gasteiger partial charge < -0.3 is 5.73 Å². The van der Waals surface area contributed by atoms with Gasteiger partial charge in [0.2, 0.25) is 5.69 Å². The van der Waals surface area contributed by atoms with Crippen LogP contribution in [0.3, 0.4) is 0 Å². The average Bonchev–Trinajstić information content (AvgIpc) is 2.55. The van der Waals surface area contributed by atoms with Crippen LogP contribution < -0.4 is 5.73 Å². The number of nitrogens with two attached hydrogens (primary N) is 1. The fraction of sp³-hybridized carbons (Fsp3) is 0.0714. The van der Waals surface area contributed by atoms with E-state index in [1.165, 1.54) is 24.3 Å². The van der Waals surface area contributed by atoms with E-state index in [4.69, 9.17) is 35.5 Å². The van der Waals surface area contributed by atoms with Crippen LogP contribution in [0.5, 0.6) is 0 Å². The lowest BCUT2D eigenvalue weighted by Crippen LogP contribution is -1.99. The van der Waals surface area contributed by atoms with Crippen molar-refractivity contribution >= 4 is 48.7 Å². The van der Waals surface area contributed by atoms with Gasteiger partial charge in [0.15, 0.2) is 0 Å². The molecule has 0 amide bonds. The Morgan fingerprint density at radius 2 is 1.48 bits per heavy atom. The van der Waals surface area contributed by atoms with Crippen LogP contribution in [0.25, 0.3) is 4.85 Å². The second kappa shape index (κ2) is 10.3. The molecule has 2 N–H and O–H groups in total. The molecule has 0 atom stereocenters. The molecule has 0 bridgehead atoms. The van der Waals surface area contributed by atoms with Crippen molar-refractivity contribution in [3.05, 3.63) is 83.7 Å². The first-order chi connectivity index (χ1) is 11.3. The Morgan fingerprint density at radius 1 is 1.00 bits per heavy atom.